The molecule has 2 fully saturated rings. The van der Waals surface area contributed by atoms with Crippen LogP contribution in [0.5, 0.6) is 0 Å². The number of nitrogens with zero attached hydrogens (tertiary/aromatic N) is 5. The second-order valence-corrected chi connectivity index (χ2v) is 4.99. The van der Waals surface area contributed by atoms with Gasteiger partial charge in [0, 0.05) is 33.3 Å². The minimum absolute atomic E-state index is 0.236. The molecule has 2 aliphatic rings. The second-order valence-electron chi connectivity index (χ2n) is 4.99. The van der Waals surface area contributed by atoms with Crippen LogP contribution in [0.2, 0.25) is 0 Å². The lowest BCUT2D eigenvalue weighted by Gasteiger charge is -2.27. The van der Waals surface area contributed by atoms with Crippen LogP contribution in [0.15, 0.2) is 0 Å². The number of methoxy groups -OCH3 is 1. The second kappa shape index (κ2) is 5.76. The highest BCUT2D eigenvalue weighted by molar-refractivity contribution is 5.44. The minimum atomic E-state index is 0.236. The number of nitrogen functional groups attached to an aromatic ring is 1. The number of ether oxygens (including phenoxy) is 2. The van der Waals surface area contributed by atoms with Crippen LogP contribution in [0.4, 0.5) is 17.8 Å². The fraction of sp³-hybridized carbons (Fsp3) is 0.750. The maximum absolute atomic E-state index is 5.82. The van der Waals surface area contributed by atoms with E-state index in [-0.39, 0.29) is 12.1 Å². The lowest BCUT2D eigenvalue weighted by molar-refractivity contribution is 0.121. The Balaban J connectivity index is 1.79. The average Bonchev–Trinajstić information content (AvgIpc) is 2.96. The number of nitrogens with two attached hydrogens (primary N) is 1. The Kier molecular flexibility index (Phi) is 3.83. The molecule has 8 nitrogen and oxygen atoms in total. The fourth-order valence-electron chi connectivity index (χ4n) is 2.52. The Morgan fingerprint density at radius 1 is 1.10 bits per heavy atom. The van der Waals surface area contributed by atoms with E-state index in [1.165, 1.54) is 0 Å². The van der Waals surface area contributed by atoms with E-state index in [0.29, 0.717) is 25.1 Å². The molecule has 0 spiro atoms. The molecule has 1 unspecified atom stereocenters. The molecular weight excluding hydrogens is 260 g/mol. The summed E-state index contributed by atoms with van der Waals surface area (Å²) < 4.78 is 10.7. The molecular formula is C12H20N6O2. The molecule has 0 aromatic carbocycles. The van der Waals surface area contributed by atoms with Crippen LogP contribution in [0.3, 0.4) is 0 Å². The van der Waals surface area contributed by atoms with E-state index < -0.39 is 0 Å². The summed E-state index contributed by atoms with van der Waals surface area (Å²) in [6, 6.07) is 0. The number of morpholine rings is 1. The van der Waals surface area contributed by atoms with Gasteiger partial charge in [-0.1, -0.05) is 0 Å². The highest BCUT2D eigenvalue weighted by atomic mass is 16.5. The molecule has 3 rings (SSSR count). The number of hydrogen-bond acceptors (Lipinski definition) is 8. The third kappa shape index (κ3) is 2.75. The molecule has 0 amide bonds. The zero-order valence-corrected chi connectivity index (χ0v) is 11.7. The Labute approximate surface area is 117 Å². The van der Waals surface area contributed by atoms with Gasteiger partial charge in [-0.25, -0.2) is 0 Å². The summed E-state index contributed by atoms with van der Waals surface area (Å²) in [7, 11) is 1.73. The topological polar surface area (TPSA) is 89.6 Å². The van der Waals surface area contributed by atoms with Gasteiger partial charge in [-0.05, 0) is 6.42 Å². The fourth-order valence-corrected chi connectivity index (χ4v) is 2.52. The average molecular weight is 280 g/mol. The molecule has 2 N–H and O–H groups in total. The monoisotopic (exact) mass is 280 g/mol. The SMILES string of the molecule is COC1CCN(c2nc(N)nc(N3CCOCC3)n2)C1. The van der Waals surface area contributed by atoms with Gasteiger partial charge in [0.25, 0.3) is 0 Å². The molecule has 1 aromatic heterocycles. The lowest BCUT2D eigenvalue weighted by Crippen LogP contribution is -2.38. The van der Waals surface area contributed by atoms with Crippen molar-refractivity contribution >= 4 is 17.8 Å². The predicted octanol–water partition coefficient (Wildman–Crippen LogP) is -0.484. The zero-order chi connectivity index (χ0) is 13.9. The van der Waals surface area contributed by atoms with Gasteiger partial charge in [0.05, 0.1) is 19.3 Å². The van der Waals surface area contributed by atoms with Crippen molar-refractivity contribution in [3.05, 3.63) is 0 Å². The maximum Gasteiger partial charge on any atom is 0.232 e. The van der Waals surface area contributed by atoms with Crippen molar-refractivity contribution < 1.29 is 9.47 Å². The summed E-state index contributed by atoms with van der Waals surface area (Å²) in [6.45, 7) is 4.62. The summed E-state index contributed by atoms with van der Waals surface area (Å²) >= 11 is 0. The van der Waals surface area contributed by atoms with E-state index in [4.69, 9.17) is 15.2 Å². The first-order valence-electron chi connectivity index (χ1n) is 6.88. The number of anilines is 3. The van der Waals surface area contributed by atoms with Crippen molar-refractivity contribution in [2.75, 3.05) is 62.0 Å². The summed E-state index contributed by atoms with van der Waals surface area (Å²) in [6.07, 6.45) is 1.22. The van der Waals surface area contributed by atoms with Crippen molar-refractivity contribution in [1.29, 1.82) is 0 Å². The standard InChI is InChI=1S/C12H20N6O2/c1-19-9-2-3-18(8-9)12-15-10(13)14-11(16-12)17-4-6-20-7-5-17/h9H,2-8H2,1H3,(H2,13,14,15,16). The van der Waals surface area contributed by atoms with Gasteiger partial charge >= 0.3 is 0 Å². The summed E-state index contributed by atoms with van der Waals surface area (Å²) in [5.41, 5.74) is 5.82. The van der Waals surface area contributed by atoms with Crippen LogP contribution in [-0.2, 0) is 9.47 Å². The molecule has 2 aliphatic heterocycles. The Morgan fingerprint density at radius 3 is 2.45 bits per heavy atom. The normalized spacial score (nSPS) is 23.4. The van der Waals surface area contributed by atoms with E-state index >= 15 is 0 Å². The van der Waals surface area contributed by atoms with E-state index in [1.54, 1.807) is 7.11 Å². The van der Waals surface area contributed by atoms with Gasteiger partial charge in [0.15, 0.2) is 0 Å². The summed E-state index contributed by atoms with van der Waals surface area (Å²) in [5.74, 6) is 1.53. The van der Waals surface area contributed by atoms with E-state index in [1.807, 2.05) is 0 Å². The van der Waals surface area contributed by atoms with Gasteiger partial charge in [-0.2, -0.15) is 15.0 Å². The highest BCUT2D eigenvalue weighted by Crippen LogP contribution is 2.21. The zero-order valence-electron chi connectivity index (χ0n) is 11.7. The minimum Gasteiger partial charge on any atom is -0.380 e. The van der Waals surface area contributed by atoms with E-state index in [0.717, 1.165) is 32.6 Å². The van der Waals surface area contributed by atoms with Crippen molar-refractivity contribution in [3.63, 3.8) is 0 Å². The third-order valence-electron chi connectivity index (χ3n) is 3.68. The lowest BCUT2D eigenvalue weighted by atomic mass is 10.3. The first-order valence-corrected chi connectivity index (χ1v) is 6.88. The van der Waals surface area contributed by atoms with Gasteiger partial charge in [-0.15, -0.1) is 0 Å². The van der Waals surface area contributed by atoms with Crippen molar-refractivity contribution in [2.45, 2.75) is 12.5 Å². The predicted molar refractivity (Wildman–Crippen MR) is 74.9 cm³/mol. The van der Waals surface area contributed by atoms with Crippen LogP contribution >= 0.6 is 0 Å². The Morgan fingerprint density at radius 2 is 1.80 bits per heavy atom. The van der Waals surface area contributed by atoms with Crippen LogP contribution < -0.4 is 15.5 Å². The first-order chi connectivity index (χ1) is 9.76. The highest BCUT2D eigenvalue weighted by Gasteiger charge is 2.25. The molecule has 110 valence electrons. The Hall–Kier alpha value is -1.67. The molecule has 0 bridgehead atoms. The van der Waals surface area contributed by atoms with E-state index in [9.17, 15) is 0 Å². The molecule has 0 aliphatic carbocycles. The summed E-state index contributed by atoms with van der Waals surface area (Å²) in [5, 5.41) is 0. The smallest absolute Gasteiger partial charge is 0.232 e. The van der Waals surface area contributed by atoms with Crippen LogP contribution in [0, 0.1) is 0 Å². The quantitative estimate of drug-likeness (QED) is 0.793. The molecule has 3 heterocycles. The van der Waals surface area contributed by atoms with Crippen LogP contribution in [0.1, 0.15) is 6.42 Å². The van der Waals surface area contributed by atoms with E-state index in [2.05, 4.69) is 24.8 Å². The molecule has 1 atom stereocenters. The summed E-state index contributed by atoms with van der Waals surface area (Å²) in [4.78, 5) is 17.2. The van der Waals surface area contributed by atoms with Gasteiger partial charge < -0.3 is 25.0 Å². The van der Waals surface area contributed by atoms with Gasteiger partial charge in [-0.3, -0.25) is 0 Å². The Bertz CT molecular complexity index is 465. The van der Waals surface area contributed by atoms with Crippen LogP contribution in [0.25, 0.3) is 0 Å². The first kappa shape index (κ1) is 13.3. The number of rotatable bonds is 3. The largest absolute Gasteiger partial charge is 0.380 e. The third-order valence-corrected chi connectivity index (χ3v) is 3.68. The molecule has 2 saturated heterocycles. The van der Waals surface area contributed by atoms with Crippen molar-refractivity contribution in [2.24, 2.45) is 0 Å². The van der Waals surface area contributed by atoms with Crippen molar-refractivity contribution in [3.8, 4) is 0 Å². The molecule has 0 radical (unpaired) electrons. The molecule has 1 aromatic rings. The van der Waals surface area contributed by atoms with Crippen LogP contribution in [-0.4, -0.2) is 67.6 Å². The molecule has 20 heavy (non-hydrogen) atoms. The molecule has 0 saturated carbocycles. The number of aromatic nitrogens is 3. The number of hydrogen-bond donors (Lipinski definition) is 1. The van der Waals surface area contributed by atoms with Crippen molar-refractivity contribution in [1.82, 2.24) is 15.0 Å². The van der Waals surface area contributed by atoms with Gasteiger partial charge in [0.1, 0.15) is 0 Å². The molecule has 8 heteroatoms. The maximum atomic E-state index is 5.82. The van der Waals surface area contributed by atoms with Gasteiger partial charge in [0.2, 0.25) is 17.8 Å².